The molecule has 1 heterocycles. The van der Waals surface area contributed by atoms with Gasteiger partial charge in [0, 0.05) is 39.3 Å². The highest BCUT2D eigenvalue weighted by Crippen LogP contribution is 2.08. The zero-order chi connectivity index (χ0) is 17.4. The van der Waals surface area contributed by atoms with E-state index in [1.165, 1.54) is 10.5 Å². The van der Waals surface area contributed by atoms with Crippen LogP contribution in [0.3, 0.4) is 0 Å². The van der Waals surface area contributed by atoms with Crippen molar-refractivity contribution in [1.82, 2.24) is 14.7 Å². The molecule has 0 atom stereocenters. The van der Waals surface area contributed by atoms with E-state index >= 15 is 0 Å². The molecule has 6 nitrogen and oxygen atoms in total. The SMILES string of the molecule is CCCN(CC(=O)O)C(=O)CN1CCN(Cc2ccccc2)CC1. The second-order valence-electron chi connectivity index (χ2n) is 6.25. The van der Waals surface area contributed by atoms with Gasteiger partial charge >= 0.3 is 5.97 Å². The minimum Gasteiger partial charge on any atom is -0.480 e. The molecular formula is C18H27N3O3. The Balaban J connectivity index is 1.77. The molecule has 1 aromatic carbocycles. The largest absolute Gasteiger partial charge is 0.480 e. The van der Waals surface area contributed by atoms with Gasteiger partial charge in [0.2, 0.25) is 5.91 Å². The van der Waals surface area contributed by atoms with Crippen molar-refractivity contribution in [3.05, 3.63) is 35.9 Å². The standard InChI is InChI=1S/C18H27N3O3/c1-2-8-21(15-18(23)24)17(22)14-20-11-9-19(10-12-20)13-16-6-4-3-5-7-16/h3-7H,2,8-15H2,1H3,(H,23,24). The molecule has 0 saturated carbocycles. The first kappa shape index (κ1) is 18.4. The lowest BCUT2D eigenvalue weighted by atomic mass is 10.2. The van der Waals surface area contributed by atoms with E-state index in [-0.39, 0.29) is 12.5 Å². The fourth-order valence-electron chi connectivity index (χ4n) is 2.96. The first-order valence-corrected chi connectivity index (χ1v) is 8.56. The first-order valence-electron chi connectivity index (χ1n) is 8.56. The Kier molecular flexibility index (Phi) is 7.21. The third-order valence-electron chi connectivity index (χ3n) is 4.25. The third kappa shape index (κ3) is 5.94. The molecule has 1 aliphatic heterocycles. The number of benzene rings is 1. The van der Waals surface area contributed by atoms with Crippen molar-refractivity contribution in [2.24, 2.45) is 0 Å². The lowest BCUT2D eigenvalue weighted by Gasteiger charge is -2.35. The number of carbonyl (C=O) groups is 2. The van der Waals surface area contributed by atoms with Gasteiger partial charge < -0.3 is 10.0 Å². The maximum absolute atomic E-state index is 12.3. The van der Waals surface area contributed by atoms with Gasteiger partial charge in [-0.05, 0) is 12.0 Å². The van der Waals surface area contributed by atoms with Gasteiger partial charge in [-0.15, -0.1) is 0 Å². The van der Waals surface area contributed by atoms with Gasteiger partial charge in [-0.3, -0.25) is 19.4 Å². The van der Waals surface area contributed by atoms with Crippen LogP contribution in [0.25, 0.3) is 0 Å². The number of hydrogen-bond acceptors (Lipinski definition) is 4. The van der Waals surface area contributed by atoms with E-state index in [2.05, 4.69) is 34.1 Å². The molecule has 0 spiro atoms. The van der Waals surface area contributed by atoms with Crippen LogP contribution in [0.1, 0.15) is 18.9 Å². The van der Waals surface area contributed by atoms with E-state index in [4.69, 9.17) is 5.11 Å². The average Bonchev–Trinajstić information content (AvgIpc) is 2.57. The number of aliphatic carboxylic acids is 1. The molecule has 24 heavy (non-hydrogen) atoms. The smallest absolute Gasteiger partial charge is 0.323 e. The molecular weight excluding hydrogens is 306 g/mol. The molecule has 6 heteroatoms. The Morgan fingerprint density at radius 3 is 2.29 bits per heavy atom. The van der Waals surface area contributed by atoms with Crippen LogP contribution in [0, 0.1) is 0 Å². The fourth-order valence-corrected chi connectivity index (χ4v) is 2.96. The van der Waals surface area contributed by atoms with E-state index in [1.54, 1.807) is 0 Å². The fraction of sp³-hybridized carbons (Fsp3) is 0.556. The molecule has 0 radical (unpaired) electrons. The summed E-state index contributed by atoms with van der Waals surface area (Å²) in [6.07, 6.45) is 0.768. The predicted octanol–water partition coefficient (Wildman–Crippen LogP) is 1.13. The lowest BCUT2D eigenvalue weighted by molar-refractivity contribution is -0.145. The highest BCUT2D eigenvalue weighted by molar-refractivity contribution is 5.82. The highest BCUT2D eigenvalue weighted by atomic mass is 16.4. The normalized spacial score (nSPS) is 16.0. The molecule has 1 fully saturated rings. The van der Waals surface area contributed by atoms with Gasteiger partial charge in [-0.1, -0.05) is 37.3 Å². The molecule has 0 unspecified atom stereocenters. The first-order chi connectivity index (χ1) is 11.6. The number of carbonyl (C=O) groups excluding carboxylic acids is 1. The Morgan fingerprint density at radius 2 is 1.71 bits per heavy atom. The van der Waals surface area contributed by atoms with Crippen LogP contribution in [0.4, 0.5) is 0 Å². The minimum absolute atomic E-state index is 0.0873. The summed E-state index contributed by atoms with van der Waals surface area (Å²) in [4.78, 5) is 29.1. The van der Waals surface area contributed by atoms with Gasteiger partial charge in [0.05, 0.1) is 6.54 Å². The van der Waals surface area contributed by atoms with E-state index < -0.39 is 5.97 Å². The molecule has 0 bridgehead atoms. The van der Waals surface area contributed by atoms with Gasteiger partial charge in [0.1, 0.15) is 6.54 Å². The van der Waals surface area contributed by atoms with Crippen LogP contribution in [0.5, 0.6) is 0 Å². The van der Waals surface area contributed by atoms with Crippen LogP contribution in [-0.4, -0.2) is 77.5 Å². The summed E-state index contributed by atoms with van der Waals surface area (Å²) < 4.78 is 0. The quantitative estimate of drug-likeness (QED) is 0.773. The van der Waals surface area contributed by atoms with Gasteiger partial charge in [0.25, 0.3) is 0 Å². The number of piperazine rings is 1. The van der Waals surface area contributed by atoms with Crippen molar-refractivity contribution >= 4 is 11.9 Å². The maximum Gasteiger partial charge on any atom is 0.323 e. The molecule has 0 aromatic heterocycles. The molecule has 1 aromatic rings. The maximum atomic E-state index is 12.3. The van der Waals surface area contributed by atoms with Crippen LogP contribution < -0.4 is 0 Å². The molecule has 1 aliphatic rings. The molecule has 132 valence electrons. The zero-order valence-corrected chi connectivity index (χ0v) is 14.4. The highest BCUT2D eigenvalue weighted by Gasteiger charge is 2.22. The second-order valence-corrected chi connectivity index (χ2v) is 6.25. The third-order valence-corrected chi connectivity index (χ3v) is 4.25. The van der Waals surface area contributed by atoms with Crippen LogP contribution in [0.15, 0.2) is 30.3 Å². The van der Waals surface area contributed by atoms with E-state index in [9.17, 15) is 9.59 Å². The van der Waals surface area contributed by atoms with Crippen LogP contribution in [-0.2, 0) is 16.1 Å². The van der Waals surface area contributed by atoms with Gasteiger partial charge in [-0.25, -0.2) is 0 Å². The van der Waals surface area contributed by atoms with Crippen molar-refractivity contribution in [3.8, 4) is 0 Å². The number of nitrogens with zero attached hydrogens (tertiary/aromatic N) is 3. The Bertz CT molecular complexity index is 528. The predicted molar refractivity (Wildman–Crippen MR) is 92.7 cm³/mol. The van der Waals surface area contributed by atoms with Crippen molar-refractivity contribution < 1.29 is 14.7 Å². The summed E-state index contributed by atoms with van der Waals surface area (Å²) in [6, 6.07) is 10.4. The second kappa shape index (κ2) is 9.39. The lowest BCUT2D eigenvalue weighted by Crippen LogP contribution is -2.50. The summed E-state index contributed by atoms with van der Waals surface area (Å²) in [5.41, 5.74) is 1.30. The molecule has 0 aliphatic carbocycles. The molecule has 2 rings (SSSR count). The summed E-state index contributed by atoms with van der Waals surface area (Å²) in [6.45, 7) is 7.02. The summed E-state index contributed by atoms with van der Waals surface area (Å²) in [5.74, 6) is -1.04. The number of hydrogen-bond donors (Lipinski definition) is 1. The van der Waals surface area contributed by atoms with Crippen molar-refractivity contribution in [2.75, 3.05) is 45.8 Å². The van der Waals surface area contributed by atoms with Crippen LogP contribution in [0.2, 0.25) is 0 Å². The minimum atomic E-state index is -0.954. The van der Waals surface area contributed by atoms with Crippen LogP contribution >= 0.6 is 0 Å². The molecule has 1 saturated heterocycles. The number of rotatable bonds is 8. The summed E-state index contributed by atoms with van der Waals surface area (Å²) in [5, 5.41) is 8.93. The van der Waals surface area contributed by atoms with Crippen molar-refractivity contribution in [2.45, 2.75) is 19.9 Å². The van der Waals surface area contributed by atoms with Crippen molar-refractivity contribution in [1.29, 1.82) is 0 Å². The van der Waals surface area contributed by atoms with E-state index in [0.29, 0.717) is 13.1 Å². The number of amides is 1. The Labute approximate surface area is 143 Å². The van der Waals surface area contributed by atoms with Gasteiger partial charge in [-0.2, -0.15) is 0 Å². The molecule has 1 amide bonds. The number of carboxylic acid groups (broad SMARTS) is 1. The zero-order valence-electron chi connectivity index (χ0n) is 14.4. The van der Waals surface area contributed by atoms with Gasteiger partial charge in [0.15, 0.2) is 0 Å². The monoisotopic (exact) mass is 333 g/mol. The molecule has 1 N–H and O–H groups in total. The summed E-state index contributed by atoms with van der Waals surface area (Å²) >= 11 is 0. The topological polar surface area (TPSA) is 64.1 Å². The summed E-state index contributed by atoms with van der Waals surface area (Å²) in [7, 11) is 0. The average molecular weight is 333 g/mol. The number of carboxylic acids is 1. The van der Waals surface area contributed by atoms with E-state index in [0.717, 1.165) is 39.1 Å². The Hall–Kier alpha value is -1.92. The van der Waals surface area contributed by atoms with Crippen molar-refractivity contribution in [3.63, 3.8) is 0 Å². The van der Waals surface area contributed by atoms with E-state index in [1.807, 2.05) is 13.0 Å². The Morgan fingerprint density at radius 1 is 1.08 bits per heavy atom.